The van der Waals surface area contributed by atoms with E-state index in [2.05, 4.69) is 5.32 Å². The van der Waals surface area contributed by atoms with E-state index in [0.717, 1.165) is 5.56 Å². The van der Waals surface area contributed by atoms with Gasteiger partial charge in [0.15, 0.2) is 0 Å². The molecule has 0 aromatic heterocycles. The molecule has 0 aliphatic rings. The molecule has 0 heterocycles. The quantitative estimate of drug-likeness (QED) is 0.769. The Morgan fingerprint density at radius 3 is 2.47 bits per heavy atom. The lowest BCUT2D eigenvalue weighted by Crippen LogP contribution is -2.36. The monoisotopic (exact) mass is 268 g/mol. The summed E-state index contributed by atoms with van der Waals surface area (Å²) >= 11 is 0. The first-order valence-electron chi connectivity index (χ1n) is 5.90. The molecule has 1 amide bonds. The fourth-order valence-electron chi connectivity index (χ4n) is 1.60. The number of carboxylic acids is 1. The number of carboxylic acid groups (broad SMARTS) is 1. The Kier molecular flexibility index (Phi) is 5.95. The van der Waals surface area contributed by atoms with Gasteiger partial charge in [0.1, 0.15) is 5.82 Å². The molecule has 2 N–H and O–H groups in total. The van der Waals surface area contributed by atoms with Gasteiger partial charge < -0.3 is 10.4 Å². The summed E-state index contributed by atoms with van der Waals surface area (Å²) in [6, 6.07) is 5.91. The average Bonchev–Trinajstić information content (AvgIpc) is 2.38. The summed E-state index contributed by atoms with van der Waals surface area (Å²) in [6.07, 6.45) is -0.0435. The predicted molar refractivity (Wildman–Crippen MR) is 68.0 cm³/mol. The summed E-state index contributed by atoms with van der Waals surface area (Å²) in [5, 5.41) is 11.2. The number of amides is 1. The van der Waals surface area contributed by atoms with Crippen molar-refractivity contribution in [2.45, 2.75) is 13.0 Å². The highest BCUT2D eigenvalue weighted by Crippen LogP contribution is 2.07. The molecule has 0 saturated carbocycles. The minimum atomic E-state index is -0.916. The van der Waals surface area contributed by atoms with Crippen LogP contribution in [-0.2, 0) is 16.1 Å². The first kappa shape index (κ1) is 15.1. The number of halogens is 1. The third-order valence-electron chi connectivity index (χ3n) is 2.61. The molecule has 0 bridgehead atoms. The lowest BCUT2D eigenvalue weighted by Gasteiger charge is -2.20. The van der Waals surface area contributed by atoms with Crippen molar-refractivity contribution in [1.82, 2.24) is 10.2 Å². The third-order valence-corrected chi connectivity index (χ3v) is 2.61. The summed E-state index contributed by atoms with van der Waals surface area (Å²) in [5.74, 6) is -1.43. The van der Waals surface area contributed by atoms with Gasteiger partial charge in [0.05, 0.1) is 13.0 Å². The Bertz CT molecular complexity index is 434. The van der Waals surface area contributed by atoms with Crippen molar-refractivity contribution in [3.05, 3.63) is 35.6 Å². The van der Waals surface area contributed by atoms with Gasteiger partial charge in [-0.05, 0) is 17.7 Å². The molecule has 104 valence electrons. The zero-order valence-corrected chi connectivity index (χ0v) is 10.7. The first-order valence-corrected chi connectivity index (χ1v) is 5.90. The summed E-state index contributed by atoms with van der Waals surface area (Å²) < 4.78 is 12.8. The fraction of sp³-hybridized carbons (Fsp3) is 0.385. The maximum absolute atomic E-state index is 12.8. The number of benzene rings is 1. The fourth-order valence-corrected chi connectivity index (χ4v) is 1.60. The second-order valence-electron chi connectivity index (χ2n) is 4.15. The van der Waals surface area contributed by atoms with E-state index in [1.165, 1.54) is 19.2 Å². The van der Waals surface area contributed by atoms with Gasteiger partial charge in [-0.2, -0.15) is 0 Å². The van der Waals surface area contributed by atoms with Crippen LogP contribution in [0, 0.1) is 5.82 Å². The van der Waals surface area contributed by atoms with Crippen LogP contribution in [0.4, 0.5) is 4.39 Å². The van der Waals surface area contributed by atoms with Crippen molar-refractivity contribution < 1.29 is 19.1 Å². The molecule has 6 heteroatoms. The molecular formula is C13H17FN2O3. The molecular weight excluding hydrogens is 251 g/mol. The third kappa shape index (κ3) is 5.96. The van der Waals surface area contributed by atoms with E-state index < -0.39 is 5.97 Å². The Balaban J connectivity index is 2.63. The van der Waals surface area contributed by atoms with Crippen LogP contribution in [0.5, 0.6) is 0 Å². The number of likely N-dealkylation sites (N-methyl/N-ethyl adjacent to an activating group) is 1. The maximum Gasteiger partial charge on any atom is 0.304 e. The molecule has 5 nitrogen and oxygen atoms in total. The first-order chi connectivity index (χ1) is 9.01. The van der Waals surface area contributed by atoms with Crippen molar-refractivity contribution in [2.75, 3.05) is 20.1 Å². The predicted octanol–water partition coefficient (Wildman–Crippen LogP) is 0.848. The molecule has 0 atom stereocenters. The van der Waals surface area contributed by atoms with Gasteiger partial charge >= 0.3 is 5.97 Å². The minimum Gasteiger partial charge on any atom is -0.481 e. The summed E-state index contributed by atoms with van der Waals surface area (Å²) in [6.45, 7) is 0.780. The van der Waals surface area contributed by atoms with Crippen molar-refractivity contribution in [3.8, 4) is 0 Å². The number of rotatable bonds is 7. The largest absolute Gasteiger partial charge is 0.481 e. The van der Waals surface area contributed by atoms with Gasteiger partial charge in [-0.3, -0.25) is 14.5 Å². The van der Waals surface area contributed by atoms with E-state index >= 15 is 0 Å². The molecule has 1 aromatic carbocycles. The van der Waals surface area contributed by atoms with Gasteiger partial charge in [0.25, 0.3) is 0 Å². The highest BCUT2D eigenvalue weighted by atomic mass is 19.1. The molecule has 0 spiro atoms. The van der Waals surface area contributed by atoms with Gasteiger partial charge in [-0.15, -0.1) is 0 Å². The molecule has 0 radical (unpaired) electrons. The number of nitrogens with one attached hydrogen (secondary N) is 1. The number of carbonyl (C=O) groups excluding carboxylic acids is 1. The van der Waals surface area contributed by atoms with Crippen LogP contribution < -0.4 is 5.32 Å². The Labute approximate surface area is 111 Å². The SMILES string of the molecule is CNC(=O)CN(CCC(=O)O)Cc1ccc(F)cc1. The number of nitrogens with zero attached hydrogens (tertiary/aromatic N) is 1. The van der Waals surface area contributed by atoms with E-state index in [4.69, 9.17) is 5.11 Å². The van der Waals surface area contributed by atoms with Crippen molar-refractivity contribution >= 4 is 11.9 Å². The van der Waals surface area contributed by atoms with Crippen LogP contribution in [0.3, 0.4) is 0 Å². The average molecular weight is 268 g/mol. The van der Waals surface area contributed by atoms with E-state index in [1.807, 2.05) is 0 Å². The standard InChI is InChI=1S/C13H17FN2O3/c1-15-12(17)9-16(7-6-13(18)19)8-10-2-4-11(14)5-3-10/h2-5H,6-9H2,1H3,(H,15,17)(H,18,19). The number of carbonyl (C=O) groups is 2. The van der Waals surface area contributed by atoms with E-state index in [1.54, 1.807) is 17.0 Å². The van der Waals surface area contributed by atoms with Gasteiger partial charge in [0, 0.05) is 20.1 Å². The van der Waals surface area contributed by atoms with Crippen LogP contribution in [0.1, 0.15) is 12.0 Å². The highest BCUT2D eigenvalue weighted by molar-refractivity contribution is 5.77. The number of hydrogen-bond acceptors (Lipinski definition) is 3. The maximum atomic E-state index is 12.8. The van der Waals surface area contributed by atoms with Crippen molar-refractivity contribution in [1.29, 1.82) is 0 Å². The molecule has 19 heavy (non-hydrogen) atoms. The summed E-state index contributed by atoms with van der Waals surface area (Å²) in [5.41, 5.74) is 0.829. The zero-order valence-electron chi connectivity index (χ0n) is 10.7. The second kappa shape index (κ2) is 7.48. The molecule has 0 unspecified atom stereocenters. The summed E-state index contributed by atoms with van der Waals surface area (Å²) in [4.78, 5) is 23.6. The summed E-state index contributed by atoms with van der Waals surface area (Å²) in [7, 11) is 1.52. The Morgan fingerprint density at radius 2 is 1.95 bits per heavy atom. The van der Waals surface area contributed by atoms with Gasteiger partial charge in [-0.25, -0.2) is 4.39 Å². The Morgan fingerprint density at radius 1 is 1.32 bits per heavy atom. The lowest BCUT2D eigenvalue weighted by molar-refractivity contribution is -0.137. The molecule has 1 rings (SSSR count). The number of hydrogen-bond donors (Lipinski definition) is 2. The van der Waals surface area contributed by atoms with Crippen molar-refractivity contribution in [2.24, 2.45) is 0 Å². The molecule has 0 aliphatic heterocycles. The zero-order chi connectivity index (χ0) is 14.3. The van der Waals surface area contributed by atoms with Gasteiger partial charge in [-0.1, -0.05) is 12.1 Å². The smallest absolute Gasteiger partial charge is 0.304 e. The van der Waals surface area contributed by atoms with Crippen LogP contribution in [0.15, 0.2) is 24.3 Å². The second-order valence-corrected chi connectivity index (χ2v) is 4.15. The minimum absolute atomic E-state index is 0.0435. The molecule has 1 aromatic rings. The topological polar surface area (TPSA) is 69.6 Å². The van der Waals surface area contributed by atoms with E-state index in [0.29, 0.717) is 6.54 Å². The van der Waals surface area contributed by atoms with Gasteiger partial charge in [0.2, 0.25) is 5.91 Å². The number of aliphatic carboxylic acids is 1. The molecule has 0 saturated heterocycles. The Hall–Kier alpha value is -1.95. The van der Waals surface area contributed by atoms with Crippen LogP contribution in [0.25, 0.3) is 0 Å². The van der Waals surface area contributed by atoms with Crippen LogP contribution in [0.2, 0.25) is 0 Å². The highest BCUT2D eigenvalue weighted by Gasteiger charge is 2.12. The van der Waals surface area contributed by atoms with E-state index in [-0.39, 0.29) is 31.2 Å². The molecule has 0 fully saturated rings. The van der Waals surface area contributed by atoms with Crippen molar-refractivity contribution in [3.63, 3.8) is 0 Å². The lowest BCUT2D eigenvalue weighted by atomic mass is 10.2. The van der Waals surface area contributed by atoms with Crippen LogP contribution in [-0.4, -0.2) is 42.0 Å². The van der Waals surface area contributed by atoms with Crippen LogP contribution >= 0.6 is 0 Å². The molecule has 0 aliphatic carbocycles. The normalized spacial score (nSPS) is 10.5. The van der Waals surface area contributed by atoms with E-state index in [9.17, 15) is 14.0 Å².